The summed E-state index contributed by atoms with van der Waals surface area (Å²) in [4.78, 5) is 26.4. The van der Waals surface area contributed by atoms with E-state index in [2.05, 4.69) is 0 Å². The molecular formula is C17H20N2O5S. The van der Waals surface area contributed by atoms with Crippen LogP contribution in [-0.4, -0.2) is 54.8 Å². The molecule has 2 aliphatic heterocycles. The van der Waals surface area contributed by atoms with Crippen LogP contribution in [0.3, 0.4) is 0 Å². The molecule has 1 aromatic carbocycles. The fourth-order valence-electron chi connectivity index (χ4n) is 2.87. The van der Waals surface area contributed by atoms with Gasteiger partial charge in [-0.25, -0.2) is 4.79 Å². The van der Waals surface area contributed by atoms with Gasteiger partial charge in [-0.05, 0) is 5.57 Å². The van der Waals surface area contributed by atoms with Crippen LogP contribution in [0.15, 0.2) is 41.6 Å². The van der Waals surface area contributed by atoms with E-state index in [0.717, 1.165) is 0 Å². The van der Waals surface area contributed by atoms with E-state index < -0.39 is 18.3 Å². The number of ether oxygens (including phenoxy) is 3. The highest BCUT2D eigenvalue weighted by Crippen LogP contribution is 2.40. The average Bonchev–Trinajstić information content (AvgIpc) is 2.65. The number of carbonyl (C=O) groups excluding carboxylic acids is 2. The topological polar surface area (TPSA) is 91.1 Å². The number of amides is 1. The normalized spacial score (nSPS) is 23.8. The molecule has 2 unspecified atom stereocenters. The van der Waals surface area contributed by atoms with Gasteiger partial charge >= 0.3 is 5.97 Å². The summed E-state index contributed by atoms with van der Waals surface area (Å²) < 4.78 is 16.0. The van der Waals surface area contributed by atoms with Crippen molar-refractivity contribution < 1.29 is 23.8 Å². The summed E-state index contributed by atoms with van der Waals surface area (Å²) in [6.07, 6.45) is -0.858. The van der Waals surface area contributed by atoms with Gasteiger partial charge in [-0.15, -0.1) is 11.8 Å². The second kappa shape index (κ2) is 7.57. The standard InChI is InChI=1S/C17H20N2O5S/c1-22-8-11-9-25-15-12(18)14(20)19(15)13(11)16(21)24-17(23-2)10-6-4-3-5-7-10/h3-7,12,15,17H,8-9,18H2,1-2H3/t12?,15-,17?/m0/s1. The van der Waals surface area contributed by atoms with E-state index in [0.29, 0.717) is 16.9 Å². The monoisotopic (exact) mass is 364 g/mol. The molecule has 7 nitrogen and oxygen atoms in total. The number of thioether (sulfide) groups is 1. The zero-order valence-electron chi connectivity index (χ0n) is 14.0. The Morgan fingerprint density at radius 2 is 2.08 bits per heavy atom. The number of hydrogen-bond donors (Lipinski definition) is 1. The number of β-lactam (4-membered cyclic amide) rings is 1. The van der Waals surface area contributed by atoms with Crippen LogP contribution in [0.25, 0.3) is 0 Å². The Kier molecular flexibility index (Phi) is 5.43. The number of esters is 1. The lowest BCUT2D eigenvalue weighted by Crippen LogP contribution is -2.68. The minimum Gasteiger partial charge on any atom is -0.427 e. The number of carbonyl (C=O) groups is 2. The summed E-state index contributed by atoms with van der Waals surface area (Å²) in [6.45, 7) is 0.242. The molecule has 1 saturated heterocycles. The molecular weight excluding hydrogens is 344 g/mol. The summed E-state index contributed by atoms with van der Waals surface area (Å²) in [5.41, 5.74) is 7.47. The van der Waals surface area contributed by atoms with Crippen molar-refractivity contribution in [1.29, 1.82) is 0 Å². The van der Waals surface area contributed by atoms with Crippen molar-refractivity contribution >= 4 is 23.6 Å². The SMILES string of the molecule is COCC1=C(C(=O)OC(OC)c2ccccc2)N2C(=O)C(N)[C@@H]2SC1. The zero-order chi connectivity index (χ0) is 18.0. The molecule has 3 rings (SSSR count). The van der Waals surface area contributed by atoms with Crippen molar-refractivity contribution in [1.82, 2.24) is 4.90 Å². The first-order chi connectivity index (χ1) is 12.1. The molecule has 0 aromatic heterocycles. The number of rotatable bonds is 6. The minimum atomic E-state index is -0.858. The fraction of sp³-hybridized carbons (Fsp3) is 0.412. The Labute approximate surface area is 150 Å². The van der Waals surface area contributed by atoms with Gasteiger partial charge in [0.15, 0.2) is 0 Å². The van der Waals surface area contributed by atoms with Gasteiger partial charge in [0.1, 0.15) is 17.1 Å². The van der Waals surface area contributed by atoms with Crippen molar-refractivity contribution in [2.45, 2.75) is 17.7 Å². The third-order valence-corrected chi connectivity index (χ3v) is 5.46. The lowest BCUT2D eigenvalue weighted by atomic mass is 10.0. The molecule has 0 bridgehead atoms. The van der Waals surface area contributed by atoms with E-state index >= 15 is 0 Å². The summed E-state index contributed by atoms with van der Waals surface area (Å²) >= 11 is 1.52. The molecule has 0 aliphatic carbocycles. The third kappa shape index (κ3) is 3.30. The molecule has 1 fully saturated rings. The Bertz CT molecular complexity index is 694. The highest BCUT2D eigenvalue weighted by molar-refractivity contribution is 8.00. The van der Waals surface area contributed by atoms with Crippen LogP contribution in [0.1, 0.15) is 11.9 Å². The van der Waals surface area contributed by atoms with Gasteiger partial charge in [-0.3, -0.25) is 9.69 Å². The number of methoxy groups -OCH3 is 2. The van der Waals surface area contributed by atoms with Crippen LogP contribution < -0.4 is 5.73 Å². The molecule has 1 amide bonds. The van der Waals surface area contributed by atoms with Crippen molar-refractivity contribution in [2.24, 2.45) is 5.73 Å². The minimum absolute atomic E-state index is 0.218. The fourth-order valence-corrected chi connectivity index (χ4v) is 4.14. The highest BCUT2D eigenvalue weighted by Gasteiger charge is 2.52. The van der Waals surface area contributed by atoms with Crippen molar-refractivity contribution in [3.63, 3.8) is 0 Å². The first-order valence-corrected chi connectivity index (χ1v) is 8.83. The molecule has 134 valence electrons. The van der Waals surface area contributed by atoms with Crippen LogP contribution in [0.2, 0.25) is 0 Å². The van der Waals surface area contributed by atoms with Crippen LogP contribution >= 0.6 is 11.8 Å². The van der Waals surface area contributed by atoms with Gasteiger partial charge in [0, 0.05) is 25.5 Å². The second-order valence-electron chi connectivity index (χ2n) is 5.70. The van der Waals surface area contributed by atoms with Crippen LogP contribution in [0.5, 0.6) is 0 Å². The summed E-state index contributed by atoms with van der Waals surface area (Å²) in [5.74, 6) is -0.344. The Hall–Kier alpha value is -1.87. The first kappa shape index (κ1) is 17.9. The van der Waals surface area contributed by atoms with Gasteiger partial charge < -0.3 is 19.9 Å². The maximum absolute atomic E-state index is 12.8. The summed E-state index contributed by atoms with van der Waals surface area (Å²) in [6, 6.07) is 8.53. The Morgan fingerprint density at radius 1 is 1.36 bits per heavy atom. The molecule has 0 spiro atoms. The largest absolute Gasteiger partial charge is 0.427 e. The number of nitrogens with two attached hydrogens (primary N) is 1. The molecule has 2 aliphatic rings. The lowest BCUT2D eigenvalue weighted by molar-refractivity contribution is -0.175. The summed E-state index contributed by atoms with van der Waals surface area (Å²) in [5, 5.41) is -0.242. The van der Waals surface area contributed by atoms with E-state index in [1.165, 1.54) is 30.9 Å². The molecule has 8 heteroatoms. The van der Waals surface area contributed by atoms with E-state index in [9.17, 15) is 9.59 Å². The third-order valence-electron chi connectivity index (χ3n) is 4.10. The first-order valence-electron chi connectivity index (χ1n) is 7.78. The molecule has 0 saturated carbocycles. The van der Waals surface area contributed by atoms with Gasteiger partial charge in [0.25, 0.3) is 0 Å². The molecule has 25 heavy (non-hydrogen) atoms. The highest BCUT2D eigenvalue weighted by atomic mass is 32.2. The molecule has 1 aromatic rings. The molecule has 0 radical (unpaired) electrons. The number of hydrogen-bond acceptors (Lipinski definition) is 7. The van der Waals surface area contributed by atoms with Gasteiger partial charge in [-0.1, -0.05) is 30.3 Å². The van der Waals surface area contributed by atoms with Gasteiger partial charge in [0.2, 0.25) is 12.2 Å². The second-order valence-corrected chi connectivity index (χ2v) is 6.81. The number of fused-ring (bicyclic) bond motifs is 1. The van der Waals surface area contributed by atoms with Gasteiger partial charge in [-0.2, -0.15) is 0 Å². The van der Waals surface area contributed by atoms with Crippen molar-refractivity contribution in [3.05, 3.63) is 47.2 Å². The van der Waals surface area contributed by atoms with Crippen LogP contribution in [-0.2, 0) is 23.8 Å². The number of benzene rings is 1. The van der Waals surface area contributed by atoms with E-state index in [1.807, 2.05) is 18.2 Å². The van der Waals surface area contributed by atoms with Gasteiger partial charge in [0.05, 0.1) is 6.61 Å². The van der Waals surface area contributed by atoms with Crippen molar-refractivity contribution in [2.75, 3.05) is 26.6 Å². The lowest BCUT2D eigenvalue weighted by Gasteiger charge is -2.48. The summed E-state index contributed by atoms with van der Waals surface area (Å²) in [7, 11) is 3.00. The van der Waals surface area contributed by atoms with Crippen LogP contribution in [0, 0.1) is 0 Å². The molecule has 2 N–H and O–H groups in total. The molecule has 3 atom stereocenters. The van der Waals surface area contributed by atoms with Crippen molar-refractivity contribution in [3.8, 4) is 0 Å². The predicted molar refractivity (Wildman–Crippen MR) is 92.3 cm³/mol. The smallest absolute Gasteiger partial charge is 0.357 e. The van der Waals surface area contributed by atoms with E-state index in [1.54, 1.807) is 12.1 Å². The zero-order valence-corrected chi connectivity index (χ0v) is 14.8. The average molecular weight is 364 g/mol. The maximum Gasteiger partial charge on any atom is 0.357 e. The number of nitrogens with zero attached hydrogens (tertiary/aromatic N) is 1. The maximum atomic E-state index is 12.8. The van der Waals surface area contributed by atoms with Crippen LogP contribution in [0.4, 0.5) is 0 Å². The van der Waals surface area contributed by atoms with E-state index in [4.69, 9.17) is 19.9 Å². The Balaban J connectivity index is 1.85. The molecule has 2 heterocycles. The Morgan fingerprint density at radius 3 is 2.72 bits per heavy atom. The van der Waals surface area contributed by atoms with E-state index in [-0.39, 0.29) is 23.6 Å². The predicted octanol–water partition coefficient (Wildman–Crippen LogP) is 1.02. The quantitative estimate of drug-likeness (QED) is 0.458.